The third-order valence-corrected chi connectivity index (χ3v) is 4.10. The maximum Gasteiger partial charge on any atom is 0.308 e. The Bertz CT molecular complexity index is 1120. The van der Waals surface area contributed by atoms with Crippen LogP contribution in [0.15, 0.2) is 53.1 Å². The second-order valence-corrected chi connectivity index (χ2v) is 7.79. The van der Waals surface area contributed by atoms with Crippen LogP contribution < -0.4 is 5.32 Å². The van der Waals surface area contributed by atoms with Gasteiger partial charge in [0.25, 0.3) is 11.8 Å². The second kappa shape index (κ2) is 9.22. The number of amides is 1. The van der Waals surface area contributed by atoms with E-state index in [9.17, 15) is 9.59 Å². The molecule has 1 heterocycles. The molecule has 0 bridgehead atoms. The quantitative estimate of drug-likeness (QED) is 0.606. The highest BCUT2D eigenvalue weighted by atomic mass is 16.6. The average molecular weight is 418 g/mol. The molecule has 3 rings (SSSR count). The van der Waals surface area contributed by atoms with E-state index in [1.165, 1.54) is 0 Å². The minimum Gasteiger partial charge on any atom is -0.460 e. The van der Waals surface area contributed by atoms with E-state index in [2.05, 4.69) is 21.5 Å². The van der Waals surface area contributed by atoms with Crippen LogP contribution in [0.2, 0.25) is 0 Å². The first kappa shape index (κ1) is 21.7. The van der Waals surface area contributed by atoms with Gasteiger partial charge < -0.3 is 14.6 Å². The van der Waals surface area contributed by atoms with E-state index >= 15 is 0 Å². The Labute approximate surface area is 179 Å². The number of aromatic nitrogens is 2. The zero-order valence-electron chi connectivity index (χ0n) is 17.5. The van der Waals surface area contributed by atoms with Crippen LogP contribution in [0.3, 0.4) is 0 Å². The molecule has 0 radical (unpaired) electrons. The molecular formula is C23H22N4O4. The van der Waals surface area contributed by atoms with Crippen molar-refractivity contribution >= 4 is 11.9 Å². The number of hydrogen-bond acceptors (Lipinski definition) is 7. The van der Waals surface area contributed by atoms with Gasteiger partial charge in [0.2, 0.25) is 5.82 Å². The molecule has 0 spiro atoms. The molecule has 1 amide bonds. The van der Waals surface area contributed by atoms with Crippen molar-refractivity contribution in [2.45, 2.75) is 32.8 Å². The number of nitrogens with one attached hydrogen (secondary N) is 1. The van der Waals surface area contributed by atoms with Crippen LogP contribution in [-0.4, -0.2) is 34.2 Å². The Morgan fingerprint density at radius 2 is 1.87 bits per heavy atom. The van der Waals surface area contributed by atoms with Crippen LogP contribution in [-0.2, 0) is 9.53 Å². The molecule has 0 saturated carbocycles. The normalized spacial score (nSPS) is 10.9. The predicted octanol–water partition coefficient (Wildman–Crippen LogP) is 3.74. The van der Waals surface area contributed by atoms with Gasteiger partial charge in [-0.05, 0) is 57.2 Å². The first-order valence-electron chi connectivity index (χ1n) is 9.70. The molecule has 0 aliphatic rings. The van der Waals surface area contributed by atoms with Crippen LogP contribution in [0.25, 0.3) is 22.8 Å². The van der Waals surface area contributed by atoms with Crippen molar-refractivity contribution in [1.82, 2.24) is 15.5 Å². The molecule has 3 aromatic rings. The van der Waals surface area contributed by atoms with E-state index in [1.807, 2.05) is 0 Å². The van der Waals surface area contributed by atoms with E-state index in [0.717, 1.165) is 0 Å². The molecular weight excluding hydrogens is 396 g/mol. The number of carbonyl (C=O) groups excluding carboxylic acids is 2. The summed E-state index contributed by atoms with van der Waals surface area (Å²) in [5.74, 6) is -0.0423. The first-order valence-corrected chi connectivity index (χ1v) is 9.70. The van der Waals surface area contributed by atoms with Crippen LogP contribution in [0.5, 0.6) is 0 Å². The molecule has 1 aromatic heterocycles. The van der Waals surface area contributed by atoms with Crippen LogP contribution in [0.4, 0.5) is 0 Å². The molecule has 31 heavy (non-hydrogen) atoms. The van der Waals surface area contributed by atoms with E-state index in [4.69, 9.17) is 14.5 Å². The monoisotopic (exact) mass is 418 g/mol. The SMILES string of the molecule is CC(C)(C)OC(=O)CCNC(=O)c1cccc(-c2noc(-c3ccc(C#N)cc3)n2)c1. The molecule has 8 nitrogen and oxygen atoms in total. The van der Waals surface area contributed by atoms with Gasteiger partial charge in [-0.1, -0.05) is 17.3 Å². The highest BCUT2D eigenvalue weighted by Gasteiger charge is 2.17. The number of carbonyl (C=O) groups is 2. The highest BCUT2D eigenvalue weighted by molar-refractivity contribution is 5.95. The van der Waals surface area contributed by atoms with Gasteiger partial charge in [-0.2, -0.15) is 10.2 Å². The maximum atomic E-state index is 12.4. The molecule has 2 aromatic carbocycles. The van der Waals surface area contributed by atoms with Crippen LogP contribution >= 0.6 is 0 Å². The molecule has 0 atom stereocenters. The summed E-state index contributed by atoms with van der Waals surface area (Å²) < 4.78 is 10.5. The predicted molar refractivity (Wildman–Crippen MR) is 113 cm³/mol. The fraction of sp³-hybridized carbons (Fsp3) is 0.261. The molecule has 0 unspecified atom stereocenters. The summed E-state index contributed by atoms with van der Waals surface area (Å²) >= 11 is 0. The van der Waals surface area contributed by atoms with Crippen LogP contribution in [0.1, 0.15) is 43.1 Å². The molecule has 1 N–H and O–H groups in total. The number of hydrogen-bond donors (Lipinski definition) is 1. The van der Waals surface area contributed by atoms with Gasteiger partial charge >= 0.3 is 5.97 Å². The molecule has 0 saturated heterocycles. The number of nitriles is 1. The lowest BCUT2D eigenvalue weighted by molar-refractivity contribution is -0.154. The minimum absolute atomic E-state index is 0.0848. The van der Waals surface area contributed by atoms with Crippen molar-refractivity contribution in [3.8, 4) is 28.9 Å². The zero-order valence-corrected chi connectivity index (χ0v) is 17.5. The maximum absolute atomic E-state index is 12.4. The van der Waals surface area contributed by atoms with E-state index < -0.39 is 5.60 Å². The van der Waals surface area contributed by atoms with Gasteiger partial charge in [0.1, 0.15) is 5.60 Å². The Morgan fingerprint density at radius 3 is 2.55 bits per heavy atom. The summed E-state index contributed by atoms with van der Waals surface area (Å²) in [6, 6.07) is 15.6. The lowest BCUT2D eigenvalue weighted by atomic mass is 10.1. The van der Waals surface area contributed by atoms with Gasteiger partial charge in [0.05, 0.1) is 18.1 Å². The lowest BCUT2D eigenvalue weighted by Crippen LogP contribution is -2.29. The van der Waals surface area contributed by atoms with Gasteiger partial charge in [-0.25, -0.2) is 0 Å². The number of benzene rings is 2. The summed E-state index contributed by atoms with van der Waals surface area (Å²) in [5, 5.41) is 15.6. The Kier molecular flexibility index (Phi) is 6.46. The van der Waals surface area contributed by atoms with Crippen molar-refractivity contribution in [3.63, 3.8) is 0 Å². The van der Waals surface area contributed by atoms with Gasteiger partial charge in [0.15, 0.2) is 0 Å². The Balaban J connectivity index is 1.65. The zero-order chi connectivity index (χ0) is 22.4. The minimum atomic E-state index is -0.559. The summed E-state index contributed by atoms with van der Waals surface area (Å²) in [6.45, 7) is 5.54. The molecule has 0 aliphatic heterocycles. The van der Waals surface area contributed by atoms with Crippen molar-refractivity contribution in [2.24, 2.45) is 0 Å². The Hall–Kier alpha value is -3.99. The fourth-order valence-corrected chi connectivity index (χ4v) is 2.72. The highest BCUT2D eigenvalue weighted by Crippen LogP contribution is 2.23. The summed E-state index contributed by atoms with van der Waals surface area (Å²) in [7, 11) is 0. The largest absolute Gasteiger partial charge is 0.460 e. The third kappa shape index (κ3) is 6.00. The van der Waals surface area contributed by atoms with Crippen molar-refractivity contribution in [2.75, 3.05) is 6.54 Å². The molecule has 158 valence electrons. The van der Waals surface area contributed by atoms with Crippen molar-refractivity contribution in [1.29, 1.82) is 5.26 Å². The smallest absolute Gasteiger partial charge is 0.308 e. The number of rotatable bonds is 6. The first-order chi connectivity index (χ1) is 14.7. The second-order valence-electron chi connectivity index (χ2n) is 7.79. The average Bonchev–Trinajstić information content (AvgIpc) is 3.23. The molecule has 0 aliphatic carbocycles. The van der Waals surface area contributed by atoms with Gasteiger partial charge in [-0.3, -0.25) is 9.59 Å². The number of ether oxygens (including phenoxy) is 1. The van der Waals surface area contributed by atoms with E-state index in [-0.39, 0.29) is 24.8 Å². The summed E-state index contributed by atoms with van der Waals surface area (Å²) in [4.78, 5) is 28.6. The Morgan fingerprint density at radius 1 is 1.13 bits per heavy atom. The number of nitrogens with zero attached hydrogens (tertiary/aromatic N) is 3. The number of esters is 1. The topological polar surface area (TPSA) is 118 Å². The fourth-order valence-electron chi connectivity index (χ4n) is 2.72. The third-order valence-electron chi connectivity index (χ3n) is 4.10. The van der Waals surface area contributed by atoms with Crippen molar-refractivity contribution < 1.29 is 18.8 Å². The van der Waals surface area contributed by atoms with Crippen LogP contribution in [0, 0.1) is 11.3 Å². The molecule has 8 heteroatoms. The lowest BCUT2D eigenvalue weighted by Gasteiger charge is -2.19. The van der Waals surface area contributed by atoms with E-state index in [0.29, 0.717) is 34.0 Å². The van der Waals surface area contributed by atoms with E-state index in [1.54, 1.807) is 69.3 Å². The van der Waals surface area contributed by atoms with Gasteiger partial charge in [-0.15, -0.1) is 0 Å². The van der Waals surface area contributed by atoms with Gasteiger partial charge in [0, 0.05) is 23.2 Å². The summed E-state index contributed by atoms with van der Waals surface area (Å²) in [6.07, 6.45) is 0.0848. The van der Waals surface area contributed by atoms with Crippen molar-refractivity contribution in [3.05, 3.63) is 59.7 Å². The molecule has 0 fully saturated rings. The standard InChI is InChI=1S/C23H22N4O4/c1-23(2,3)30-19(28)11-12-25-21(29)18-6-4-5-17(13-18)20-26-22(31-27-20)16-9-7-15(14-24)8-10-16/h4-10,13H,11-12H2,1-3H3,(H,25,29). The summed E-state index contributed by atoms with van der Waals surface area (Å²) in [5.41, 5.74) is 1.69.